The maximum atomic E-state index is 13.5. The first kappa shape index (κ1) is 30.4. The molecule has 2 N–H and O–H groups in total. The Morgan fingerprint density at radius 3 is 2.21 bits per heavy atom. The lowest BCUT2D eigenvalue weighted by Gasteiger charge is -2.46. The van der Waals surface area contributed by atoms with Crippen LogP contribution < -0.4 is 5.73 Å². The number of primary amides is 1. The van der Waals surface area contributed by atoms with Gasteiger partial charge in [0.1, 0.15) is 0 Å². The number of hydrogen-bond donors (Lipinski definition) is 1. The average molecular weight is 614 g/mol. The molecule has 1 atom stereocenters. The summed E-state index contributed by atoms with van der Waals surface area (Å²) < 4.78 is 0. The number of hydrogen-bond acceptors (Lipinski definition) is 4. The minimum Gasteiger partial charge on any atom is -0.368 e. The summed E-state index contributed by atoms with van der Waals surface area (Å²) in [5, 5.41) is 2.08. The van der Waals surface area contributed by atoms with E-state index in [0.717, 1.165) is 63.1 Å². The van der Waals surface area contributed by atoms with E-state index in [1.54, 1.807) is 18.2 Å². The monoisotopic (exact) mass is 612 g/mol. The first-order valence-electron chi connectivity index (χ1n) is 13.4. The highest BCUT2D eigenvalue weighted by molar-refractivity contribution is 6.42. The first-order valence-corrected chi connectivity index (χ1v) is 14.9. The minimum absolute atomic E-state index is 0.0553. The molecular formula is C29H36Cl4N4O2. The molecule has 0 aromatic heterocycles. The van der Waals surface area contributed by atoms with Gasteiger partial charge in [-0.25, -0.2) is 0 Å². The van der Waals surface area contributed by atoms with Crippen LogP contribution in [-0.2, 0) is 21.4 Å². The molecule has 4 rings (SSSR count). The highest BCUT2D eigenvalue weighted by Crippen LogP contribution is 2.40. The summed E-state index contributed by atoms with van der Waals surface area (Å²) in [5.74, 6) is -0.249. The fraction of sp³-hybridized carbons (Fsp3) is 0.517. The quantitative estimate of drug-likeness (QED) is 0.416. The van der Waals surface area contributed by atoms with E-state index < -0.39 is 5.54 Å². The fourth-order valence-corrected chi connectivity index (χ4v) is 6.68. The van der Waals surface area contributed by atoms with E-state index in [2.05, 4.69) is 9.80 Å². The Balaban J connectivity index is 1.50. The molecule has 2 aromatic carbocycles. The van der Waals surface area contributed by atoms with Crippen molar-refractivity contribution in [2.24, 2.45) is 5.73 Å². The van der Waals surface area contributed by atoms with Gasteiger partial charge >= 0.3 is 0 Å². The maximum absolute atomic E-state index is 13.5. The highest BCUT2D eigenvalue weighted by Gasteiger charge is 2.40. The molecule has 2 aliphatic heterocycles. The number of piperidine rings is 1. The highest BCUT2D eigenvalue weighted by atomic mass is 35.5. The Hall–Kier alpha value is -1.54. The van der Waals surface area contributed by atoms with Gasteiger partial charge in [0, 0.05) is 54.7 Å². The topological polar surface area (TPSA) is 69.9 Å². The molecule has 2 heterocycles. The van der Waals surface area contributed by atoms with Gasteiger partial charge in [-0.1, -0.05) is 52.5 Å². The van der Waals surface area contributed by atoms with Gasteiger partial charge in [-0.15, -0.1) is 0 Å². The van der Waals surface area contributed by atoms with Gasteiger partial charge in [-0.3, -0.25) is 14.5 Å². The van der Waals surface area contributed by atoms with E-state index in [4.69, 9.17) is 52.1 Å². The zero-order valence-electron chi connectivity index (χ0n) is 22.5. The molecule has 39 heavy (non-hydrogen) atoms. The molecule has 0 radical (unpaired) electrons. The number of carbonyl (C=O) groups is 2. The second-order valence-corrected chi connectivity index (χ2v) is 13.0. The van der Waals surface area contributed by atoms with Crippen LogP contribution in [0.1, 0.15) is 44.2 Å². The second kappa shape index (κ2) is 12.5. The summed E-state index contributed by atoms with van der Waals surface area (Å²) in [5.41, 5.74) is 6.63. The van der Waals surface area contributed by atoms with Crippen LogP contribution in [0, 0.1) is 0 Å². The van der Waals surface area contributed by atoms with Crippen molar-refractivity contribution in [3.63, 3.8) is 0 Å². The fourth-order valence-electron chi connectivity index (χ4n) is 5.81. The Kier molecular flexibility index (Phi) is 9.78. The van der Waals surface area contributed by atoms with Crippen LogP contribution in [-0.4, -0.2) is 77.9 Å². The number of piperazine rings is 1. The molecule has 6 nitrogen and oxygen atoms in total. The van der Waals surface area contributed by atoms with Crippen LogP contribution in [0.4, 0.5) is 0 Å². The molecular weight excluding hydrogens is 578 g/mol. The number of carbonyl (C=O) groups excluding carboxylic acids is 2. The van der Waals surface area contributed by atoms with Crippen LogP contribution in [0.15, 0.2) is 36.4 Å². The van der Waals surface area contributed by atoms with E-state index in [0.29, 0.717) is 33.2 Å². The molecule has 2 saturated heterocycles. The minimum atomic E-state index is -0.662. The van der Waals surface area contributed by atoms with Crippen LogP contribution >= 0.6 is 46.4 Å². The summed E-state index contributed by atoms with van der Waals surface area (Å²) in [6, 6.07) is 11.1. The van der Waals surface area contributed by atoms with Crippen molar-refractivity contribution in [3.8, 4) is 0 Å². The molecule has 0 bridgehead atoms. The van der Waals surface area contributed by atoms with Crippen molar-refractivity contribution in [2.75, 3.05) is 45.8 Å². The SMILES string of the molecule is CC(C)(C(N)=O)N1CCN(CCC2(c3ccc(Cl)c(Cl)c3)CCCN(C(=O)Cc3cc(Cl)cc(Cl)c3)C2)CC1. The van der Waals surface area contributed by atoms with Crippen LogP contribution in [0.25, 0.3) is 0 Å². The molecule has 2 amide bonds. The van der Waals surface area contributed by atoms with Gasteiger partial charge in [0.2, 0.25) is 11.8 Å². The van der Waals surface area contributed by atoms with Crippen molar-refractivity contribution in [2.45, 2.75) is 50.5 Å². The molecule has 212 valence electrons. The third kappa shape index (κ3) is 7.22. The summed E-state index contributed by atoms with van der Waals surface area (Å²) in [6.45, 7) is 9.22. The number of nitrogens with two attached hydrogens (primary N) is 1. The Bertz CT molecular complexity index is 1200. The summed E-state index contributed by atoms with van der Waals surface area (Å²) >= 11 is 25.1. The van der Waals surface area contributed by atoms with E-state index in [1.807, 2.05) is 36.9 Å². The van der Waals surface area contributed by atoms with Crippen molar-refractivity contribution in [1.29, 1.82) is 0 Å². The number of nitrogens with zero attached hydrogens (tertiary/aromatic N) is 3. The molecule has 2 aliphatic rings. The molecule has 0 spiro atoms. The Morgan fingerprint density at radius 2 is 1.59 bits per heavy atom. The lowest BCUT2D eigenvalue weighted by Crippen LogP contribution is -2.60. The van der Waals surface area contributed by atoms with E-state index >= 15 is 0 Å². The van der Waals surface area contributed by atoms with Gasteiger partial charge in [-0.05, 0) is 81.1 Å². The Morgan fingerprint density at radius 1 is 0.923 bits per heavy atom. The predicted molar refractivity (Wildman–Crippen MR) is 160 cm³/mol. The van der Waals surface area contributed by atoms with Crippen LogP contribution in [0.5, 0.6) is 0 Å². The van der Waals surface area contributed by atoms with Crippen LogP contribution in [0.2, 0.25) is 20.1 Å². The van der Waals surface area contributed by atoms with Crippen molar-refractivity contribution in [1.82, 2.24) is 14.7 Å². The standard InChI is InChI=1S/C29H36Cl4N4O2/c1-28(2,27(34)39)37-12-10-35(11-13-37)9-7-29(21-4-5-24(32)25(33)17-21)6-3-8-36(19-29)26(38)16-20-14-22(30)18-23(31)15-20/h4-5,14-15,17-18H,3,6-13,16,19H2,1-2H3,(H2,34,39). The van der Waals surface area contributed by atoms with Crippen molar-refractivity contribution < 1.29 is 9.59 Å². The number of rotatable bonds is 8. The normalized spacial score (nSPS) is 21.2. The molecule has 2 aromatic rings. The van der Waals surface area contributed by atoms with Gasteiger partial charge in [0.15, 0.2) is 0 Å². The van der Waals surface area contributed by atoms with Gasteiger partial charge in [0.25, 0.3) is 0 Å². The predicted octanol–water partition coefficient (Wildman–Crippen LogP) is 5.67. The number of amides is 2. The van der Waals surface area contributed by atoms with E-state index in [-0.39, 0.29) is 23.7 Å². The molecule has 0 saturated carbocycles. The van der Waals surface area contributed by atoms with E-state index in [9.17, 15) is 9.59 Å². The Labute approximate surface area is 251 Å². The summed E-state index contributed by atoms with van der Waals surface area (Å²) in [6.07, 6.45) is 2.96. The zero-order chi connectivity index (χ0) is 28.4. The third-order valence-electron chi connectivity index (χ3n) is 8.41. The summed E-state index contributed by atoms with van der Waals surface area (Å²) in [4.78, 5) is 31.9. The summed E-state index contributed by atoms with van der Waals surface area (Å²) in [7, 11) is 0. The molecule has 2 fully saturated rings. The second-order valence-electron chi connectivity index (χ2n) is 11.3. The average Bonchev–Trinajstić information content (AvgIpc) is 2.88. The van der Waals surface area contributed by atoms with Crippen LogP contribution in [0.3, 0.4) is 0 Å². The molecule has 1 unspecified atom stereocenters. The molecule has 10 heteroatoms. The first-order chi connectivity index (χ1) is 18.4. The van der Waals surface area contributed by atoms with Gasteiger partial charge < -0.3 is 15.5 Å². The maximum Gasteiger partial charge on any atom is 0.237 e. The zero-order valence-corrected chi connectivity index (χ0v) is 25.5. The van der Waals surface area contributed by atoms with E-state index in [1.165, 1.54) is 0 Å². The smallest absolute Gasteiger partial charge is 0.237 e. The van der Waals surface area contributed by atoms with Crippen molar-refractivity contribution >= 4 is 58.2 Å². The third-order valence-corrected chi connectivity index (χ3v) is 9.59. The lowest BCUT2D eigenvalue weighted by atomic mass is 9.71. The number of benzene rings is 2. The molecule has 0 aliphatic carbocycles. The van der Waals surface area contributed by atoms with Crippen molar-refractivity contribution in [3.05, 3.63) is 67.6 Å². The van der Waals surface area contributed by atoms with Gasteiger partial charge in [-0.2, -0.15) is 0 Å². The van der Waals surface area contributed by atoms with Gasteiger partial charge in [0.05, 0.1) is 22.0 Å². The number of halogens is 4. The lowest BCUT2D eigenvalue weighted by molar-refractivity contribution is -0.133. The largest absolute Gasteiger partial charge is 0.368 e. The number of likely N-dealkylation sites (tertiary alicyclic amines) is 1.